The van der Waals surface area contributed by atoms with Crippen molar-refractivity contribution in [3.05, 3.63) is 35.4 Å². The van der Waals surface area contributed by atoms with E-state index in [1.807, 2.05) is 18.2 Å². The maximum Gasteiger partial charge on any atom is 0.0889 e. The standard InChI is InChI=1S/C10H13BrO/c1-2-8-5-3-4-6-9(8)10(12)7-11/h3-6,10,12H,2,7H2,1H3/t10-/m1/s1. The Morgan fingerprint density at radius 3 is 2.67 bits per heavy atom. The molecule has 0 aliphatic heterocycles. The minimum atomic E-state index is -0.374. The molecule has 1 aromatic carbocycles. The monoisotopic (exact) mass is 228 g/mol. The SMILES string of the molecule is CCc1ccccc1[C@H](O)CBr. The van der Waals surface area contributed by atoms with Crippen LogP contribution in [0.4, 0.5) is 0 Å². The highest BCUT2D eigenvalue weighted by molar-refractivity contribution is 9.09. The summed E-state index contributed by atoms with van der Waals surface area (Å²) in [6.45, 7) is 2.10. The number of aryl methyl sites for hydroxylation is 1. The van der Waals surface area contributed by atoms with Gasteiger partial charge in [0.1, 0.15) is 0 Å². The van der Waals surface area contributed by atoms with Crippen LogP contribution in [0.5, 0.6) is 0 Å². The molecule has 0 aromatic heterocycles. The Morgan fingerprint density at radius 1 is 1.42 bits per heavy atom. The molecule has 0 spiro atoms. The number of rotatable bonds is 3. The quantitative estimate of drug-likeness (QED) is 0.790. The first-order valence-electron chi connectivity index (χ1n) is 4.11. The number of aliphatic hydroxyl groups is 1. The fourth-order valence-corrected chi connectivity index (χ4v) is 1.61. The van der Waals surface area contributed by atoms with E-state index in [0.29, 0.717) is 5.33 Å². The summed E-state index contributed by atoms with van der Waals surface area (Å²) in [5, 5.41) is 10.2. The summed E-state index contributed by atoms with van der Waals surface area (Å²) >= 11 is 3.26. The summed E-state index contributed by atoms with van der Waals surface area (Å²) in [6, 6.07) is 8.00. The van der Waals surface area contributed by atoms with Crippen molar-refractivity contribution in [2.45, 2.75) is 19.4 Å². The molecular formula is C10H13BrO. The zero-order valence-electron chi connectivity index (χ0n) is 7.13. The van der Waals surface area contributed by atoms with E-state index in [1.165, 1.54) is 5.56 Å². The van der Waals surface area contributed by atoms with Crippen molar-refractivity contribution >= 4 is 15.9 Å². The zero-order chi connectivity index (χ0) is 8.97. The second kappa shape index (κ2) is 4.63. The van der Waals surface area contributed by atoms with E-state index < -0.39 is 0 Å². The number of benzene rings is 1. The molecule has 12 heavy (non-hydrogen) atoms. The second-order valence-corrected chi connectivity index (χ2v) is 3.37. The van der Waals surface area contributed by atoms with Crippen molar-refractivity contribution in [1.29, 1.82) is 0 Å². The molecule has 0 heterocycles. The van der Waals surface area contributed by atoms with Gasteiger partial charge in [-0.1, -0.05) is 47.1 Å². The van der Waals surface area contributed by atoms with Crippen LogP contribution in [0.3, 0.4) is 0 Å². The predicted octanol–water partition coefficient (Wildman–Crippen LogP) is 2.68. The lowest BCUT2D eigenvalue weighted by Crippen LogP contribution is -2.01. The van der Waals surface area contributed by atoms with Crippen LogP contribution in [0.1, 0.15) is 24.2 Å². The molecule has 66 valence electrons. The Kier molecular flexibility index (Phi) is 3.76. The third-order valence-corrected chi connectivity index (χ3v) is 2.55. The van der Waals surface area contributed by atoms with E-state index in [2.05, 4.69) is 28.9 Å². The smallest absolute Gasteiger partial charge is 0.0889 e. The lowest BCUT2D eigenvalue weighted by molar-refractivity contribution is 0.204. The Morgan fingerprint density at radius 2 is 2.08 bits per heavy atom. The topological polar surface area (TPSA) is 20.2 Å². The molecule has 1 aromatic rings. The minimum absolute atomic E-state index is 0.374. The average molecular weight is 229 g/mol. The third-order valence-electron chi connectivity index (χ3n) is 1.94. The second-order valence-electron chi connectivity index (χ2n) is 2.72. The first kappa shape index (κ1) is 9.75. The Hall–Kier alpha value is -0.340. The van der Waals surface area contributed by atoms with Crippen LogP contribution >= 0.6 is 15.9 Å². The molecule has 0 unspecified atom stereocenters. The van der Waals surface area contributed by atoms with E-state index >= 15 is 0 Å². The van der Waals surface area contributed by atoms with E-state index in [0.717, 1.165) is 12.0 Å². The minimum Gasteiger partial charge on any atom is -0.388 e. The van der Waals surface area contributed by atoms with Crippen LogP contribution in [0, 0.1) is 0 Å². The molecule has 1 nitrogen and oxygen atoms in total. The summed E-state index contributed by atoms with van der Waals surface area (Å²) in [5.41, 5.74) is 2.27. The van der Waals surface area contributed by atoms with Gasteiger partial charge in [-0.25, -0.2) is 0 Å². The fraction of sp³-hybridized carbons (Fsp3) is 0.400. The summed E-state index contributed by atoms with van der Waals surface area (Å²) in [6.07, 6.45) is 0.599. The summed E-state index contributed by atoms with van der Waals surface area (Å²) < 4.78 is 0. The molecule has 1 N–H and O–H groups in total. The van der Waals surface area contributed by atoms with Gasteiger partial charge in [-0.05, 0) is 17.5 Å². The number of alkyl halides is 1. The van der Waals surface area contributed by atoms with Crippen LogP contribution in [0.15, 0.2) is 24.3 Å². The van der Waals surface area contributed by atoms with Gasteiger partial charge in [0.25, 0.3) is 0 Å². The van der Waals surface area contributed by atoms with Gasteiger partial charge >= 0.3 is 0 Å². The zero-order valence-corrected chi connectivity index (χ0v) is 8.71. The van der Waals surface area contributed by atoms with Crippen molar-refractivity contribution in [2.75, 3.05) is 5.33 Å². The van der Waals surface area contributed by atoms with Crippen molar-refractivity contribution in [1.82, 2.24) is 0 Å². The van der Waals surface area contributed by atoms with Gasteiger partial charge in [0.15, 0.2) is 0 Å². The third kappa shape index (κ3) is 2.08. The number of hydrogen-bond donors (Lipinski definition) is 1. The highest BCUT2D eigenvalue weighted by Crippen LogP contribution is 2.19. The van der Waals surface area contributed by atoms with Crippen molar-refractivity contribution < 1.29 is 5.11 Å². The van der Waals surface area contributed by atoms with Gasteiger partial charge in [0.2, 0.25) is 0 Å². The number of aliphatic hydroxyl groups excluding tert-OH is 1. The lowest BCUT2D eigenvalue weighted by atomic mass is 10.0. The molecule has 0 saturated heterocycles. The molecule has 0 fully saturated rings. The molecule has 0 bridgehead atoms. The van der Waals surface area contributed by atoms with Crippen LogP contribution in [0.2, 0.25) is 0 Å². The first-order valence-corrected chi connectivity index (χ1v) is 5.23. The van der Waals surface area contributed by atoms with Crippen LogP contribution < -0.4 is 0 Å². The molecule has 0 aliphatic rings. The summed E-state index contributed by atoms with van der Waals surface area (Å²) in [4.78, 5) is 0. The Bertz CT molecular complexity index is 247. The van der Waals surface area contributed by atoms with E-state index in [9.17, 15) is 5.11 Å². The van der Waals surface area contributed by atoms with Crippen molar-refractivity contribution in [3.63, 3.8) is 0 Å². The molecule has 0 amide bonds. The molecule has 0 aliphatic carbocycles. The Balaban J connectivity index is 2.96. The van der Waals surface area contributed by atoms with Gasteiger partial charge in [0.05, 0.1) is 6.10 Å². The lowest BCUT2D eigenvalue weighted by Gasteiger charge is -2.11. The van der Waals surface area contributed by atoms with E-state index in [-0.39, 0.29) is 6.10 Å². The van der Waals surface area contributed by atoms with Gasteiger partial charge < -0.3 is 5.11 Å². The Labute approximate surface area is 81.6 Å². The molecule has 1 rings (SSSR count). The molecule has 0 saturated carbocycles. The fourth-order valence-electron chi connectivity index (χ4n) is 1.26. The molecule has 1 atom stereocenters. The van der Waals surface area contributed by atoms with Crippen molar-refractivity contribution in [3.8, 4) is 0 Å². The average Bonchev–Trinajstić information content (AvgIpc) is 2.16. The van der Waals surface area contributed by atoms with Gasteiger partial charge in [-0.15, -0.1) is 0 Å². The first-order chi connectivity index (χ1) is 5.79. The van der Waals surface area contributed by atoms with Gasteiger partial charge in [-0.3, -0.25) is 0 Å². The van der Waals surface area contributed by atoms with E-state index in [4.69, 9.17) is 0 Å². The maximum atomic E-state index is 9.59. The molecular weight excluding hydrogens is 216 g/mol. The van der Waals surface area contributed by atoms with Crippen molar-refractivity contribution in [2.24, 2.45) is 0 Å². The van der Waals surface area contributed by atoms with Gasteiger partial charge in [0, 0.05) is 5.33 Å². The predicted molar refractivity (Wildman–Crippen MR) is 54.6 cm³/mol. The largest absolute Gasteiger partial charge is 0.388 e. The van der Waals surface area contributed by atoms with Crippen LogP contribution in [0.25, 0.3) is 0 Å². The van der Waals surface area contributed by atoms with Gasteiger partial charge in [-0.2, -0.15) is 0 Å². The summed E-state index contributed by atoms with van der Waals surface area (Å²) in [7, 11) is 0. The molecule has 2 heteroatoms. The van der Waals surface area contributed by atoms with Crippen LogP contribution in [-0.2, 0) is 6.42 Å². The maximum absolute atomic E-state index is 9.59. The van der Waals surface area contributed by atoms with E-state index in [1.54, 1.807) is 0 Å². The normalized spacial score (nSPS) is 12.9. The number of hydrogen-bond acceptors (Lipinski definition) is 1. The highest BCUT2D eigenvalue weighted by Gasteiger charge is 2.08. The highest BCUT2D eigenvalue weighted by atomic mass is 79.9. The molecule has 0 radical (unpaired) electrons. The number of halogens is 1. The summed E-state index contributed by atoms with van der Waals surface area (Å²) in [5.74, 6) is 0. The van der Waals surface area contributed by atoms with Crippen LogP contribution in [-0.4, -0.2) is 10.4 Å².